The van der Waals surface area contributed by atoms with Gasteiger partial charge in [-0.05, 0) is 51.0 Å². The van der Waals surface area contributed by atoms with Crippen molar-refractivity contribution in [3.05, 3.63) is 65.0 Å². The number of benzene rings is 2. The molecule has 0 fully saturated rings. The van der Waals surface area contributed by atoms with Crippen LogP contribution in [0.3, 0.4) is 0 Å². The van der Waals surface area contributed by atoms with E-state index in [0.717, 1.165) is 6.07 Å². The molecule has 2 aromatic rings. The number of fused-ring (bicyclic) bond motifs is 1. The molecule has 0 saturated heterocycles. The minimum Gasteiger partial charge on any atom is -0.444 e. The summed E-state index contributed by atoms with van der Waals surface area (Å²) >= 11 is 0. The number of anilines is 1. The molecule has 0 spiro atoms. The topological polar surface area (TPSA) is 58.6 Å². The number of carbonyl (C=O) groups excluding carboxylic acids is 2. The first-order chi connectivity index (χ1) is 14.8. The molecular weight excluding hydrogens is 428 g/mol. The number of hydrogen-bond donors (Lipinski definition) is 1. The van der Waals surface area contributed by atoms with E-state index in [1.54, 1.807) is 58.0 Å². The van der Waals surface area contributed by atoms with Crippen LogP contribution in [0.15, 0.2) is 42.5 Å². The fraction of sp³-hybridized carbons (Fsp3) is 0.391. The lowest BCUT2D eigenvalue weighted by atomic mass is 9.92. The minimum atomic E-state index is -4.92. The molecule has 1 heterocycles. The van der Waals surface area contributed by atoms with Crippen LogP contribution in [-0.2, 0) is 22.1 Å². The maximum atomic E-state index is 14.3. The van der Waals surface area contributed by atoms with E-state index in [9.17, 15) is 27.2 Å². The molecule has 5 nitrogen and oxygen atoms in total. The normalized spacial score (nSPS) is 17.6. The first kappa shape index (κ1) is 23.6. The summed E-state index contributed by atoms with van der Waals surface area (Å²) in [4.78, 5) is 26.8. The molecular formula is C23H24F4N2O3. The van der Waals surface area contributed by atoms with Crippen molar-refractivity contribution in [3.63, 3.8) is 0 Å². The van der Waals surface area contributed by atoms with Gasteiger partial charge in [0.1, 0.15) is 17.5 Å². The van der Waals surface area contributed by atoms with E-state index in [1.165, 1.54) is 4.90 Å². The molecule has 172 valence electrons. The van der Waals surface area contributed by atoms with Crippen LogP contribution < -0.4 is 10.2 Å². The van der Waals surface area contributed by atoms with Crippen molar-refractivity contribution in [1.82, 2.24) is 5.32 Å². The van der Waals surface area contributed by atoms with Crippen molar-refractivity contribution in [1.29, 1.82) is 0 Å². The van der Waals surface area contributed by atoms with E-state index in [4.69, 9.17) is 4.74 Å². The smallest absolute Gasteiger partial charge is 0.419 e. The van der Waals surface area contributed by atoms with E-state index in [2.05, 4.69) is 5.32 Å². The number of ether oxygens (including phenoxy) is 1. The molecule has 0 saturated carbocycles. The Morgan fingerprint density at radius 1 is 1.16 bits per heavy atom. The summed E-state index contributed by atoms with van der Waals surface area (Å²) in [5.74, 6) is -2.05. The molecule has 0 unspecified atom stereocenters. The summed E-state index contributed by atoms with van der Waals surface area (Å²) in [5.41, 5.74) is -1.46. The number of amides is 2. The molecule has 0 aliphatic carbocycles. The lowest BCUT2D eigenvalue weighted by molar-refractivity contribution is -0.140. The van der Waals surface area contributed by atoms with Crippen molar-refractivity contribution in [2.45, 2.75) is 58.0 Å². The largest absolute Gasteiger partial charge is 0.444 e. The van der Waals surface area contributed by atoms with Crippen molar-refractivity contribution < 1.29 is 31.9 Å². The van der Waals surface area contributed by atoms with Crippen LogP contribution in [0.5, 0.6) is 0 Å². The molecule has 0 bridgehead atoms. The third kappa shape index (κ3) is 5.03. The van der Waals surface area contributed by atoms with Crippen LogP contribution in [0.25, 0.3) is 0 Å². The monoisotopic (exact) mass is 452 g/mol. The molecule has 0 aromatic heterocycles. The molecule has 0 radical (unpaired) electrons. The van der Waals surface area contributed by atoms with Gasteiger partial charge < -0.3 is 15.0 Å². The summed E-state index contributed by atoms with van der Waals surface area (Å²) < 4.78 is 59.6. The predicted octanol–water partition coefficient (Wildman–Crippen LogP) is 5.39. The summed E-state index contributed by atoms with van der Waals surface area (Å²) in [6.07, 6.45) is -5.94. The number of halogens is 4. The van der Waals surface area contributed by atoms with Crippen LogP contribution in [0.1, 0.15) is 50.4 Å². The third-order valence-corrected chi connectivity index (χ3v) is 5.05. The number of alkyl carbamates (subject to hydrolysis) is 1. The number of nitrogens with zero attached hydrogens (tertiary/aromatic N) is 1. The van der Waals surface area contributed by atoms with E-state index in [0.29, 0.717) is 11.6 Å². The lowest BCUT2D eigenvalue weighted by Crippen LogP contribution is -2.54. The van der Waals surface area contributed by atoms with Gasteiger partial charge in [-0.15, -0.1) is 0 Å². The molecule has 1 aliphatic heterocycles. The zero-order valence-corrected chi connectivity index (χ0v) is 18.1. The van der Waals surface area contributed by atoms with Gasteiger partial charge in [0.2, 0.25) is 0 Å². The molecule has 3 rings (SSSR count). The second-order valence-electron chi connectivity index (χ2n) is 8.66. The highest BCUT2D eigenvalue weighted by atomic mass is 19.4. The van der Waals surface area contributed by atoms with Gasteiger partial charge in [-0.2, -0.15) is 13.2 Å². The molecule has 1 aliphatic rings. The summed E-state index contributed by atoms with van der Waals surface area (Å²) in [5, 5.41) is 2.47. The fourth-order valence-corrected chi connectivity index (χ4v) is 3.64. The Morgan fingerprint density at radius 3 is 2.34 bits per heavy atom. The van der Waals surface area contributed by atoms with Crippen LogP contribution >= 0.6 is 0 Å². The maximum Gasteiger partial charge on any atom is 0.419 e. The third-order valence-electron chi connectivity index (χ3n) is 5.05. The van der Waals surface area contributed by atoms with Crippen LogP contribution in [0.2, 0.25) is 0 Å². The number of carbonyl (C=O) groups is 2. The van der Waals surface area contributed by atoms with Gasteiger partial charge in [0, 0.05) is 12.1 Å². The van der Waals surface area contributed by atoms with Gasteiger partial charge in [0.25, 0.3) is 5.91 Å². The molecule has 2 atom stereocenters. The Balaban J connectivity index is 2.06. The zero-order valence-electron chi connectivity index (χ0n) is 18.1. The lowest BCUT2D eigenvalue weighted by Gasteiger charge is -2.39. The molecule has 1 N–H and O–H groups in total. The number of nitrogens with one attached hydrogen (secondary N) is 1. The van der Waals surface area contributed by atoms with Crippen molar-refractivity contribution in [3.8, 4) is 0 Å². The van der Waals surface area contributed by atoms with E-state index in [-0.39, 0.29) is 17.7 Å². The number of hydrogen-bond acceptors (Lipinski definition) is 3. The Kier molecular flexibility index (Phi) is 6.22. The van der Waals surface area contributed by atoms with Gasteiger partial charge in [-0.1, -0.05) is 30.3 Å². The van der Waals surface area contributed by atoms with Gasteiger partial charge in [-0.3, -0.25) is 4.79 Å². The number of alkyl halides is 3. The quantitative estimate of drug-likeness (QED) is 0.636. The van der Waals surface area contributed by atoms with Crippen molar-refractivity contribution in [2.75, 3.05) is 4.90 Å². The molecule has 2 amide bonds. The summed E-state index contributed by atoms with van der Waals surface area (Å²) in [7, 11) is 0. The average molecular weight is 452 g/mol. The fourth-order valence-electron chi connectivity index (χ4n) is 3.64. The Bertz CT molecular complexity index is 1020. The predicted molar refractivity (Wildman–Crippen MR) is 111 cm³/mol. The van der Waals surface area contributed by atoms with E-state index < -0.39 is 47.2 Å². The van der Waals surface area contributed by atoms with E-state index >= 15 is 0 Å². The summed E-state index contributed by atoms with van der Waals surface area (Å²) in [6, 6.07) is 8.36. The Hall–Kier alpha value is -3.10. The molecule has 9 heteroatoms. The highest BCUT2D eigenvalue weighted by Crippen LogP contribution is 2.40. The Morgan fingerprint density at radius 2 is 1.78 bits per heavy atom. The van der Waals surface area contributed by atoms with Gasteiger partial charge in [0.05, 0.1) is 11.6 Å². The first-order valence-corrected chi connectivity index (χ1v) is 10.0. The molecule has 32 heavy (non-hydrogen) atoms. The second-order valence-corrected chi connectivity index (χ2v) is 8.66. The van der Waals surface area contributed by atoms with Crippen molar-refractivity contribution >= 4 is 17.7 Å². The van der Waals surface area contributed by atoms with Gasteiger partial charge in [0.15, 0.2) is 0 Å². The number of rotatable bonds is 3. The van der Waals surface area contributed by atoms with Crippen LogP contribution in [0.4, 0.5) is 28.0 Å². The summed E-state index contributed by atoms with van der Waals surface area (Å²) in [6.45, 7) is 6.62. The maximum absolute atomic E-state index is 14.3. The highest BCUT2D eigenvalue weighted by molar-refractivity contribution is 6.02. The van der Waals surface area contributed by atoms with Crippen LogP contribution in [-0.4, -0.2) is 23.6 Å². The standard InChI is InChI=1S/C23H24F4N2O3/c1-13(14-8-6-5-7-9-14)29-19-12-16(23(25,26)27)17(24)10-15(19)11-18(20(29)30)28-21(31)32-22(2,3)4/h5-10,12-13,18H,11H2,1-4H3,(H,28,31)/t13-,18+/m0/s1. The first-order valence-electron chi connectivity index (χ1n) is 10.0. The van der Waals surface area contributed by atoms with Gasteiger partial charge in [-0.25, -0.2) is 9.18 Å². The Labute approximate surface area is 183 Å². The van der Waals surface area contributed by atoms with Crippen molar-refractivity contribution in [2.24, 2.45) is 0 Å². The van der Waals surface area contributed by atoms with E-state index in [1.807, 2.05) is 0 Å². The SMILES string of the molecule is C[C@@H](c1ccccc1)N1C(=O)[C@H](NC(=O)OC(C)(C)C)Cc2cc(F)c(C(F)(F)F)cc21. The average Bonchev–Trinajstić information content (AvgIpc) is 2.66. The molecule has 2 aromatic carbocycles. The zero-order chi connectivity index (χ0) is 23.8. The van der Waals surface area contributed by atoms with Crippen LogP contribution in [0, 0.1) is 5.82 Å². The highest BCUT2D eigenvalue weighted by Gasteiger charge is 2.41. The van der Waals surface area contributed by atoms with Gasteiger partial charge >= 0.3 is 12.3 Å². The minimum absolute atomic E-state index is 0.0395. The second kappa shape index (κ2) is 8.44.